The SMILES string of the molecule is Cn1c(CSc2nc3ccsc3c(=O)n2C)nc2ccccc2c1=O. The van der Waals surface area contributed by atoms with Crippen LogP contribution in [0, 0.1) is 0 Å². The van der Waals surface area contributed by atoms with E-state index in [0.29, 0.717) is 37.9 Å². The molecule has 0 fully saturated rings. The number of benzene rings is 1. The van der Waals surface area contributed by atoms with Crippen LogP contribution >= 0.6 is 23.1 Å². The van der Waals surface area contributed by atoms with Crippen molar-refractivity contribution in [3.05, 3.63) is 62.2 Å². The molecule has 0 radical (unpaired) electrons. The van der Waals surface area contributed by atoms with Gasteiger partial charge >= 0.3 is 0 Å². The van der Waals surface area contributed by atoms with Gasteiger partial charge in [0, 0.05) is 14.1 Å². The summed E-state index contributed by atoms with van der Waals surface area (Å²) in [5, 5.41) is 3.07. The van der Waals surface area contributed by atoms with E-state index in [9.17, 15) is 9.59 Å². The number of thioether (sulfide) groups is 1. The van der Waals surface area contributed by atoms with E-state index < -0.39 is 0 Å². The number of nitrogens with zero attached hydrogens (tertiary/aromatic N) is 4. The van der Waals surface area contributed by atoms with Gasteiger partial charge in [0.05, 0.1) is 22.2 Å². The molecule has 0 atom stereocenters. The second kappa shape index (κ2) is 6.12. The Morgan fingerprint density at radius 3 is 2.64 bits per heavy atom. The summed E-state index contributed by atoms with van der Waals surface area (Å²) < 4.78 is 3.75. The van der Waals surface area contributed by atoms with Crippen LogP contribution in [0.1, 0.15) is 5.82 Å². The summed E-state index contributed by atoms with van der Waals surface area (Å²) in [6.45, 7) is 0. The zero-order valence-corrected chi connectivity index (χ0v) is 15.2. The first-order valence-electron chi connectivity index (χ1n) is 7.58. The highest BCUT2D eigenvalue weighted by molar-refractivity contribution is 7.98. The molecule has 6 nitrogen and oxygen atoms in total. The number of hydrogen-bond donors (Lipinski definition) is 0. The van der Waals surface area contributed by atoms with Crippen molar-refractivity contribution in [1.82, 2.24) is 19.1 Å². The first-order chi connectivity index (χ1) is 12.1. The van der Waals surface area contributed by atoms with E-state index in [2.05, 4.69) is 9.97 Å². The quantitative estimate of drug-likeness (QED) is 0.409. The molecule has 1 aromatic carbocycles. The second-order valence-corrected chi connectivity index (χ2v) is 7.45. The highest BCUT2D eigenvalue weighted by Crippen LogP contribution is 2.22. The number of thiophene rings is 1. The minimum absolute atomic E-state index is 0.0529. The van der Waals surface area contributed by atoms with E-state index in [1.165, 1.54) is 23.1 Å². The summed E-state index contributed by atoms with van der Waals surface area (Å²) in [7, 11) is 3.43. The lowest BCUT2D eigenvalue weighted by Crippen LogP contribution is -2.22. The van der Waals surface area contributed by atoms with Crippen molar-refractivity contribution in [3.8, 4) is 0 Å². The molecule has 25 heavy (non-hydrogen) atoms. The standard InChI is InChI=1S/C17H14N4O2S2/c1-20-13(18-11-6-4-3-5-10(11)15(20)22)9-25-17-19-12-7-8-24-14(12)16(23)21(17)2/h3-8H,9H2,1-2H3. The van der Waals surface area contributed by atoms with Crippen molar-refractivity contribution in [1.29, 1.82) is 0 Å². The Balaban J connectivity index is 1.74. The van der Waals surface area contributed by atoms with Crippen LogP contribution < -0.4 is 11.1 Å². The molecule has 0 bridgehead atoms. The molecule has 3 aromatic heterocycles. The lowest BCUT2D eigenvalue weighted by atomic mass is 10.2. The summed E-state index contributed by atoms with van der Waals surface area (Å²) in [5.74, 6) is 1.10. The minimum atomic E-state index is -0.0728. The van der Waals surface area contributed by atoms with Crippen LogP contribution in [0.25, 0.3) is 21.1 Å². The number of aromatic nitrogens is 4. The lowest BCUT2D eigenvalue weighted by Gasteiger charge is -2.10. The molecule has 8 heteroatoms. The Morgan fingerprint density at radius 2 is 1.80 bits per heavy atom. The first kappa shape index (κ1) is 16.0. The van der Waals surface area contributed by atoms with Gasteiger partial charge in [0.1, 0.15) is 10.5 Å². The maximum absolute atomic E-state index is 12.5. The average Bonchev–Trinajstić information content (AvgIpc) is 3.09. The van der Waals surface area contributed by atoms with Gasteiger partial charge in [-0.1, -0.05) is 23.9 Å². The molecule has 0 N–H and O–H groups in total. The third kappa shape index (κ3) is 2.67. The fourth-order valence-corrected chi connectivity index (χ4v) is 4.38. The normalized spacial score (nSPS) is 11.4. The van der Waals surface area contributed by atoms with E-state index in [1.807, 2.05) is 29.6 Å². The van der Waals surface area contributed by atoms with Crippen LogP contribution in [0.2, 0.25) is 0 Å². The summed E-state index contributed by atoms with van der Waals surface area (Å²) in [6.07, 6.45) is 0. The predicted octanol–water partition coefficient (Wildman–Crippen LogP) is 2.53. The van der Waals surface area contributed by atoms with Crippen LogP contribution in [-0.2, 0) is 19.8 Å². The molecule has 3 heterocycles. The molecule has 0 aliphatic heterocycles. The van der Waals surface area contributed by atoms with Gasteiger partial charge in [-0.25, -0.2) is 9.97 Å². The molecule has 0 aliphatic carbocycles. The molecule has 0 spiro atoms. The second-order valence-electron chi connectivity index (χ2n) is 5.59. The zero-order chi connectivity index (χ0) is 17.6. The molecule has 0 saturated heterocycles. The summed E-state index contributed by atoms with van der Waals surface area (Å²) in [5.41, 5.74) is 1.26. The topological polar surface area (TPSA) is 69.8 Å². The molecule has 0 amide bonds. The van der Waals surface area contributed by atoms with Gasteiger partial charge < -0.3 is 0 Å². The highest BCUT2D eigenvalue weighted by Gasteiger charge is 2.12. The van der Waals surface area contributed by atoms with Crippen LogP contribution in [-0.4, -0.2) is 19.1 Å². The summed E-state index contributed by atoms with van der Waals surface area (Å²) >= 11 is 2.79. The van der Waals surface area contributed by atoms with Gasteiger partial charge in [0.25, 0.3) is 11.1 Å². The summed E-state index contributed by atoms with van der Waals surface area (Å²) in [6, 6.07) is 9.14. The van der Waals surface area contributed by atoms with Gasteiger partial charge in [-0.3, -0.25) is 18.7 Å². The third-order valence-electron chi connectivity index (χ3n) is 4.05. The molecule has 0 unspecified atom stereocenters. The van der Waals surface area contributed by atoms with E-state index in [4.69, 9.17) is 0 Å². The molecule has 4 aromatic rings. The van der Waals surface area contributed by atoms with E-state index in [-0.39, 0.29) is 11.1 Å². The molecule has 0 aliphatic rings. The largest absolute Gasteiger partial charge is 0.299 e. The Labute approximate surface area is 150 Å². The van der Waals surface area contributed by atoms with Crippen molar-refractivity contribution in [3.63, 3.8) is 0 Å². The maximum atomic E-state index is 12.5. The maximum Gasteiger partial charge on any atom is 0.271 e. The number of fused-ring (bicyclic) bond motifs is 2. The number of hydrogen-bond acceptors (Lipinski definition) is 6. The average molecular weight is 370 g/mol. The van der Waals surface area contributed by atoms with Gasteiger partial charge in [-0.2, -0.15) is 0 Å². The Bertz CT molecular complexity index is 1220. The van der Waals surface area contributed by atoms with Crippen molar-refractivity contribution in [2.24, 2.45) is 14.1 Å². The van der Waals surface area contributed by atoms with Gasteiger partial charge in [-0.05, 0) is 23.6 Å². The lowest BCUT2D eigenvalue weighted by molar-refractivity contribution is 0.725. The molecule has 0 saturated carbocycles. The zero-order valence-electron chi connectivity index (χ0n) is 13.6. The van der Waals surface area contributed by atoms with Crippen molar-refractivity contribution >= 4 is 44.2 Å². The Hall–Kier alpha value is -2.45. The monoisotopic (exact) mass is 370 g/mol. The van der Waals surface area contributed by atoms with Crippen molar-refractivity contribution in [2.45, 2.75) is 10.9 Å². The molecule has 4 rings (SSSR count). The van der Waals surface area contributed by atoms with Crippen LogP contribution in [0.15, 0.2) is 50.5 Å². The van der Waals surface area contributed by atoms with Crippen molar-refractivity contribution in [2.75, 3.05) is 0 Å². The highest BCUT2D eigenvalue weighted by atomic mass is 32.2. The smallest absolute Gasteiger partial charge is 0.271 e. The Morgan fingerprint density at radius 1 is 1.00 bits per heavy atom. The minimum Gasteiger partial charge on any atom is -0.299 e. The number of para-hydroxylation sites is 1. The number of rotatable bonds is 3. The fourth-order valence-electron chi connectivity index (χ4n) is 2.62. The van der Waals surface area contributed by atoms with Crippen LogP contribution in [0.4, 0.5) is 0 Å². The van der Waals surface area contributed by atoms with Gasteiger partial charge in [0.2, 0.25) is 0 Å². The first-order valence-corrected chi connectivity index (χ1v) is 9.44. The van der Waals surface area contributed by atoms with Gasteiger partial charge in [-0.15, -0.1) is 11.3 Å². The summed E-state index contributed by atoms with van der Waals surface area (Å²) in [4.78, 5) is 34.0. The predicted molar refractivity (Wildman–Crippen MR) is 101 cm³/mol. The molecular weight excluding hydrogens is 356 g/mol. The van der Waals surface area contributed by atoms with E-state index in [1.54, 1.807) is 29.3 Å². The molecule has 126 valence electrons. The van der Waals surface area contributed by atoms with E-state index >= 15 is 0 Å². The van der Waals surface area contributed by atoms with Gasteiger partial charge in [0.15, 0.2) is 5.16 Å². The van der Waals surface area contributed by atoms with E-state index in [0.717, 1.165) is 0 Å². The third-order valence-corrected chi connectivity index (χ3v) is 5.97. The van der Waals surface area contributed by atoms with Crippen LogP contribution in [0.3, 0.4) is 0 Å². The molecular formula is C17H14N4O2S2. The Kier molecular flexibility index (Phi) is 3.93. The van der Waals surface area contributed by atoms with Crippen molar-refractivity contribution < 1.29 is 0 Å². The fraction of sp³-hybridized carbons (Fsp3) is 0.176. The van der Waals surface area contributed by atoms with Crippen LogP contribution in [0.5, 0.6) is 0 Å².